The SMILES string of the molecule is CC(C)n1ncc(Cl)c1C(N)c1cc(F)c(F)c(F)c1. The first-order valence-electron chi connectivity index (χ1n) is 5.95. The number of hydrogen-bond donors (Lipinski definition) is 1. The quantitative estimate of drug-likeness (QED) is 0.881. The van der Waals surface area contributed by atoms with E-state index in [4.69, 9.17) is 17.3 Å². The Morgan fingerprint density at radius 3 is 2.25 bits per heavy atom. The van der Waals surface area contributed by atoms with Gasteiger partial charge in [0.15, 0.2) is 17.5 Å². The molecule has 1 unspecified atom stereocenters. The van der Waals surface area contributed by atoms with E-state index in [1.807, 2.05) is 13.8 Å². The standard InChI is InChI=1S/C13H13ClF3N3/c1-6(2)20-13(8(14)5-19-20)12(18)7-3-9(15)11(17)10(16)4-7/h3-6,12H,18H2,1-2H3. The molecule has 2 aromatic rings. The van der Waals surface area contributed by atoms with Gasteiger partial charge in [-0.1, -0.05) is 11.6 Å². The van der Waals surface area contributed by atoms with Gasteiger partial charge >= 0.3 is 0 Å². The first-order chi connectivity index (χ1) is 9.32. The Bertz CT molecular complexity index is 617. The fourth-order valence-electron chi connectivity index (χ4n) is 1.97. The largest absolute Gasteiger partial charge is 0.319 e. The van der Waals surface area contributed by atoms with Gasteiger partial charge in [0.2, 0.25) is 0 Å². The average molecular weight is 304 g/mol. The molecular weight excluding hydrogens is 291 g/mol. The van der Waals surface area contributed by atoms with Crippen molar-refractivity contribution in [1.29, 1.82) is 0 Å². The summed E-state index contributed by atoms with van der Waals surface area (Å²) in [4.78, 5) is 0. The van der Waals surface area contributed by atoms with Gasteiger partial charge in [-0.2, -0.15) is 5.10 Å². The van der Waals surface area contributed by atoms with Crippen molar-refractivity contribution < 1.29 is 13.2 Å². The van der Waals surface area contributed by atoms with Crippen LogP contribution in [0.25, 0.3) is 0 Å². The van der Waals surface area contributed by atoms with Gasteiger partial charge in [0, 0.05) is 6.04 Å². The van der Waals surface area contributed by atoms with Crippen molar-refractivity contribution in [2.45, 2.75) is 25.9 Å². The predicted octanol–water partition coefficient (Wildman–Crippen LogP) is 3.58. The highest BCUT2D eigenvalue weighted by Gasteiger charge is 2.22. The van der Waals surface area contributed by atoms with Crippen LogP contribution in [0.3, 0.4) is 0 Å². The summed E-state index contributed by atoms with van der Waals surface area (Å²) >= 11 is 6.02. The Kier molecular flexibility index (Phi) is 4.06. The third kappa shape index (κ3) is 2.53. The fraction of sp³-hybridized carbons (Fsp3) is 0.308. The molecule has 1 aromatic carbocycles. The fourth-order valence-corrected chi connectivity index (χ4v) is 2.21. The normalized spacial score (nSPS) is 13.0. The summed E-state index contributed by atoms with van der Waals surface area (Å²) in [6, 6.07) is 0.782. The Morgan fingerprint density at radius 2 is 1.75 bits per heavy atom. The molecule has 0 aliphatic carbocycles. The van der Waals surface area contributed by atoms with E-state index in [1.165, 1.54) is 6.20 Å². The third-order valence-corrected chi connectivity index (χ3v) is 3.23. The maximum atomic E-state index is 13.3. The van der Waals surface area contributed by atoms with Crippen LogP contribution in [-0.4, -0.2) is 9.78 Å². The molecule has 0 spiro atoms. The number of benzene rings is 1. The molecule has 1 heterocycles. The second kappa shape index (κ2) is 5.46. The van der Waals surface area contributed by atoms with Gasteiger partial charge in [-0.15, -0.1) is 0 Å². The first-order valence-corrected chi connectivity index (χ1v) is 6.33. The van der Waals surface area contributed by atoms with Crippen LogP contribution in [0.5, 0.6) is 0 Å². The molecule has 3 nitrogen and oxygen atoms in total. The number of rotatable bonds is 3. The van der Waals surface area contributed by atoms with Crippen molar-refractivity contribution in [2.75, 3.05) is 0 Å². The highest BCUT2D eigenvalue weighted by molar-refractivity contribution is 6.31. The van der Waals surface area contributed by atoms with Crippen molar-refractivity contribution in [3.63, 3.8) is 0 Å². The van der Waals surface area contributed by atoms with E-state index in [0.717, 1.165) is 12.1 Å². The topological polar surface area (TPSA) is 43.8 Å². The molecule has 0 aliphatic heterocycles. The van der Waals surface area contributed by atoms with Crippen LogP contribution < -0.4 is 5.73 Å². The molecule has 2 rings (SSSR count). The molecule has 7 heteroatoms. The van der Waals surface area contributed by atoms with Crippen LogP contribution in [-0.2, 0) is 0 Å². The molecule has 1 atom stereocenters. The van der Waals surface area contributed by atoms with E-state index in [2.05, 4.69) is 5.10 Å². The van der Waals surface area contributed by atoms with Gasteiger partial charge in [0.25, 0.3) is 0 Å². The molecule has 1 aromatic heterocycles. The number of aromatic nitrogens is 2. The third-order valence-electron chi connectivity index (χ3n) is 2.94. The van der Waals surface area contributed by atoms with Crippen LogP contribution in [0.4, 0.5) is 13.2 Å². The molecule has 0 fully saturated rings. The minimum Gasteiger partial charge on any atom is -0.319 e. The van der Waals surface area contributed by atoms with Gasteiger partial charge in [0.05, 0.1) is 23.0 Å². The van der Waals surface area contributed by atoms with Crippen LogP contribution in [0.1, 0.15) is 37.2 Å². The van der Waals surface area contributed by atoms with E-state index in [9.17, 15) is 13.2 Å². The van der Waals surface area contributed by atoms with Crippen LogP contribution in [0, 0.1) is 17.5 Å². The molecule has 0 aliphatic rings. The number of nitrogens with two attached hydrogens (primary N) is 1. The van der Waals surface area contributed by atoms with Gasteiger partial charge in [-0.05, 0) is 31.5 Å². The van der Waals surface area contributed by atoms with E-state index >= 15 is 0 Å². The van der Waals surface area contributed by atoms with Gasteiger partial charge in [-0.3, -0.25) is 4.68 Å². The summed E-state index contributed by atoms with van der Waals surface area (Å²) in [6.45, 7) is 3.73. The highest BCUT2D eigenvalue weighted by Crippen LogP contribution is 2.29. The van der Waals surface area contributed by atoms with Gasteiger partial charge < -0.3 is 5.73 Å². The van der Waals surface area contributed by atoms with Crippen molar-refractivity contribution in [1.82, 2.24) is 9.78 Å². The lowest BCUT2D eigenvalue weighted by Gasteiger charge is -2.18. The summed E-state index contributed by atoms with van der Waals surface area (Å²) in [5.74, 6) is -4.10. The molecule has 2 N–H and O–H groups in total. The van der Waals surface area contributed by atoms with Crippen LogP contribution in [0.2, 0.25) is 5.02 Å². The summed E-state index contributed by atoms with van der Waals surface area (Å²) in [5, 5.41) is 4.36. The summed E-state index contributed by atoms with van der Waals surface area (Å²) < 4.78 is 41.1. The Labute approximate surface area is 119 Å². The number of nitrogens with zero attached hydrogens (tertiary/aromatic N) is 2. The van der Waals surface area contributed by atoms with Crippen LogP contribution >= 0.6 is 11.6 Å². The van der Waals surface area contributed by atoms with Crippen LogP contribution in [0.15, 0.2) is 18.3 Å². The lowest BCUT2D eigenvalue weighted by molar-refractivity contribution is 0.443. The molecule has 0 saturated heterocycles. The Balaban J connectivity index is 2.52. The van der Waals surface area contributed by atoms with E-state index in [1.54, 1.807) is 4.68 Å². The maximum Gasteiger partial charge on any atom is 0.194 e. The number of hydrogen-bond acceptors (Lipinski definition) is 2. The Hall–Kier alpha value is -1.53. The molecular formula is C13H13ClF3N3. The van der Waals surface area contributed by atoms with Gasteiger partial charge in [0.1, 0.15) is 0 Å². The van der Waals surface area contributed by atoms with Crippen molar-refractivity contribution in [3.05, 3.63) is 52.1 Å². The summed E-state index contributed by atoms with van der Waals surface area (Å²) in [7, 11) is 0. The van der Waals surface area contributed by atoms with E-state index < -0.39 is 23.5 Å². The zero-order chi connectivity index (χ0) is 15.0. The maximum absolute atomic E-state index is 13.3. The summed E-state index contributed by atoms with van der Waals surface area (Å²) in [6.07, 6.45) is 1.41. The zero-order valence-electron chi connectivity index (χ0n) is 10.9. The average Bonchev–Trinajstić information content (AvgIpc) is 2.76. The molecule has 0 amide bonds. The van der Waals surface area contributed by atoms with Crippen molar-refractivity contribution >= 4 is 11.6 Å². The first kappa shape index (κ1) is 14.9. The molecule has 0 saturated carbocycles. The molecule has 0 radical (unpaired) electrons. The number of halogens is 4. The van der Waals surface area contributed by atoms with Gasteiger partial charge in [-0.25, -0.2) is 13.2 Å². The second-order valence-corrected chi connectivity index (χ2v) is 5.10. The Morgan fingerprint density at radius 1 is 1.20 bits per heavy atom. The summed E-state index contributed by atoms with van der Waals surface area (Å²) in [5.41, 5.74) is 6.50. The minimum atomic E-state index is -1.52. The molecule has 108 valence electrons. The molecule has 0 bridgehead atoms. The second-order valence-electron chi connectivity index (χ2n) is 4.69. The van der Waals surface area contributed by atoms with E-state index in [0.29, 0.717) is 5.69 Å². The lowest BCUT2D eigenvalue weighted by Crippen LogP contribution is -2.19. The molecule has 20 heavy (non-hydrogen) atoms. The van der Waals surface area contributed by atoms with E-state index in [-0.39, 0.29) is 16.6 Å². The van der Waals surface area contributed by atoms with Crippen molar-refractivity contribution in [2.24, 2.45) is 5.73 Å². The highest BCUT2D eigenvalue weighted by atomic mass is 35.5. The zero-order valence-corrected chi connectivity index (χ0v) is 11.6. The van der Waals surface area contributed by atoms with Crippen molar-refractivity contribution in [3.8, 4) is 0 Å². The minimum absolute atomic E-state index is 0.0290. The predicted molar refractivity (Wildman–Crippen MR) is 70.0 cm³/mol. The monoisotopic (exact) mass is 303 g/mol. The smallest absolute Gasteiger partial charge is 0.194 e. The lowest BCUT2D eigenvalue weighted by atomic mass is 10.0.